The Morgan fingerprint density at radius 2 is 1.89 bits per heavy atom. The molecule has 1 aromatic heterocycles. The van der Waals surface area contributed by atoms with Crippen LogP contribution in [0.4, 0.5) is 0 Å². The highest BCUT2D eigenvalue weighted by molar-refractivity contribution is 7.21. The van der Waals surface area contributed by atoms with Gasteiger partial charge in [0.2, 0.25) is 5.91 Å². The molecule has 3 rings (SSSR count). The number of carbonyl (C=O) groups excluding carboxylic acids is 1. The monoisotopic (exact) mass is 268 g/mol. The summed E-state index contributed by atoms with van der Waals surface area (Å²) < 4.78 is 1.17. The Hall–Kier alpha value is -2.20. The van der Waals surface area contributed by atoms with Crippen LogP contribution in [-0.4, -0.2) is 10.9 Å². The van der Waals surface area contributed by atoms with Gasteiger partial charge in [0, 0.05) is 11.1 Å². The van der Waals surface area contributed by atoms with Crippen molar-refractivity contribution in [2.75, 3.05) is 0 Å². The molecule has 0 atom stereocenters. The molecular weight excluding hydrogens is 256 g/mol. The van der Waals surface area contributed by atoms with Gasteiger partial charge in [-0.1, -0.05) is 18.2 Å². The molecule has 0 aliphatic rings. The zero-order chi connectivity index (χ0) is 13.4. The highest BCUT2D eigenvalue weighted by Crippen LogP contribution is 2.30. The van der Waals surface area contributed by atoms with E-state index >= 15 is 0 Å². The van der Waals surface area contributed by atoms with Crippen LogP contribution < -0.4 is 5.73 Å². The maximum absolute atomic E-state index is 11.0. The van der Waals surface area contributed by atoms with Gasteiger partial charge in [-0.2, -0.15) is 0 Å². The predicted octanol–water partition coefficient (Wildman–Crippen LogP) is 3.37. The first-order valence-electron chi connectivity index (χ1n) is 5.91. The molecule has 0 spiro atoms. The number of hydrogen-bond donors (Lipinski definition) is 1. The third-order valence-electron chi connectivity index (χ3n) is 2.96. The van der Waals surface area contributed by atoms with Crippen molar-refractivity contribution in [2.45, 2.75) is 6.92 Å². The molecule has 0 saturated carbocycles. The Balaban J connectivity index is 2.06. The zero-order valence-corrected chi connectivity index (χ0v) is 11.2. The van der Waals surface area contributed by atoms with Gasteiger partial charge in [-0.05, 0) is 36.8 Å². The Bertz CT molecular complexity index is 759. The van der Waals surface area contributed by atoms with E-state index in [0.29, 0.717) is 5.56 Å². The quantitative estimate of drug-likeness (QED) is 0.774. The fraction of sp³-hybridized carbons (Fsp3) is 0.0667. The lowest BCUT2D eigenvalue weighted by Crippen LogP contribution is -2.10. The summed E-state index contributed by atoms with van der Waals surface area (Å²) in [5, 5.41) is 0.955. The SMILES string of the molecule is Cc1ccc2nc(-c3ccc(C(N)=O)cc3)sc2c1. The molecule has 0 bridgehead atoms. The zero-order valence-electron chi connectivity index (χ0n) is 10.4. The van der Waals surface area contributed by atoms with Crippen molar-refractivity contribution >= 4 is 27.5 Å². The summed E-state index contributed by atoms with van der Waals surface area (Å²) >= 11 is 1.65. The molecular formula is C15H12N2OS. The molecule has 2 aromatic carbocycles. The number of nitrogens with two attached hydrogens (primary N) is 1. The summed E-state index contributed by atoms with van der Waals surface area (Å²) in [5.74, 6) is -0.411. The number of rotatable bonds is 2. The number of benzene rings is 2. The van der Waals surface area contributed by atoms with E-state index in [2.05, 4.69) is 24.0 Å². The molecule has 3 aromatic rings. The Labute approximate surface area is 114 Å². The topological polar surface area (TPSA) is 56.0 Å². The summed E-state index contributed by atoms with van der Waals surface area (Å²) in [6.07, 6.45) is 0. The Kier molecular flexibility index (Phi) is 2.80. The molecule has 0 unspecified atom stereocenters. The molecule has 0 radical (unpaired) electrons. The lowest BCUT2D eigenvalue weighted by atomic mass is 10.1. The molecule has 19 heavy (non-hydrogen) atoms. The number of primary amides is 1. The van der Waals surface area contributed by atoms with Crippen LogP contribution in [0.2, 0.25) is 0 Å². The summed E-state index contributed by atoms with van der Waals surface area (Å²) in [7, 11) is 0. The number of carbonyl (C=O) groups is 1. The van der Waals surface area contributed by atoms with Crippen LogP contribution in [0.25, 0.3) is 20.8 Å². The predicted molar refractivity (Wildman–Crippen MR) is 78.3 cm³/mol. The van der Waals surface area contributed by atoms with Gasteiger partial charge in [-0.3, -0.25) is 4.79 Å². The largest absolute Gasteiger partial charge is 0.366 e. The van der Waals surface area contributed by atoms with Crippen LogP contribution in [0.1, 0.15) is 15.9 Å². The molecule has 4 heteroatoms. The molecule has 1 amide bonds. The number of fused-ring (bicyclic) bond motifs is 1. The summed E-state index contributed by atoms with van der Waals surface area (Å²) in [6.45, 7) is 2.07. The Morgan fingerprint density at radius 1 is 1.16 bits per heavy atom. The molecule has 0 aliphatic heterocycles. The standard InChI is InChI=1S/C15H12N2OS/c1-9-2-7-12-13(8-9)19-15(17-12)11-5-3-10(4-6-11)14(16)18/h2-8H,1H3,(H2,16,18). The normalized spacial score (nSPS) is 10.8. The summed E-state index contributed by atoms with van der Waals surface area (Å²) in [5.41, 5.74) is 8.98. The molecule has 1 heterocycles. The third kappa shape index (κ3) is 2.22. The second kappa shape index (κ2) is 4.48. The fourth-order valence-corrected chi connectivity index (χ4v) is 3.00. The number of aromatic nitrogens is 1. The average molecular weight is 268 g/mol. The van der Waals surface area contributed by atoms with Gasteiger partial charge in [-0.15, -0.1) is 11.3 Å². The van der Waals surface area contributed by atoms with Gasteiger partial charge in [0.05, 0.1) is 10.2 Å². The van der Waals surface area contributed by atoms with Crippen molar-refractivity contribution in [3.63, 3.8) is 0 Å². The van der Waals surface area contributed by atoms with Crippen LogP contribution >= 0.6 is 11.3 Å². The number of thiazole rings is 1. The molecule has 94 valence electrons. The van der Waals surface area contributed by atoms with Crippen LogP contribution in [0.15, 0.2) is 42.5 Å². The minimum absolute atomic E-state index is 0.411. The molecule has 0 fully saturated rings. The van der Waals surface area contributed by atoms with E-state index in [9.17, 15) is 4.79 Å². The van der Waals surface area contributed by atoms with Gasteiger partial charge < -0.3 is 5.73 Å². The van der Waals surface area contributed by atoms with Crippen molar-refractivity contribution in [1.29, 1.82) is 0 Å². The highest BCUT2D eigenvalue weighted by Gasteiger charge is 2.07. The van der Waals surface area contributed by atoms with Crippen LogP contribution in [0.3, 0.4) is 0 Å². The van der Waals surface area contributed by atoms with Crippen molar-refractivity contribution in [2.24, 2.45) is 5.73 Å². The summed E-state index contributed by atoms with van der Waals surface area (Å²) in [6, 6.07) is 13.4. The lowest BCUT2D eigenvalue weighted by Gasteiger charge is -1.97. The number of hydrogen-bond acceptors (Lipinski definition) is 3. The first kappa shape index (κ1) is 11.9. The number of amides is 1. The second-order valence-electron chi connectivity index (χ2n) is 4.43. The van der Waals surface area contributed by atoms with Crippen LogP contribution in [-0.2, 0) is 0 Å². The third-order valence-corrected chi connectivity index (χ3v) is 4.03. The number of aryl methyl sites for hydroxylation is 1. The van der Waals surface area contributed by atoms with Crippen LogP contribution in [0, 0.1) is 6.92 Å². The maximum atomic E-state index is 11.0. The number of nitrogens with zero attached hydrogens (tertiary/aromatic N) is 1. The molecule has 3 nitrogen and oxygen atoms in total. The lowest BCUT2D eigenvalue weighted by molar-refractivity contribution is 0.100. The summed E-state index contributed by atoms with van der Waals surface area (Å²) in [4.78, 5) is 15.6. The van der Waals surface area contributed by atoms with Gasteiger partial charge in [0.25, 0.3) is 0 Å². The van der Waals surface area contributed by atoms with E-state index in [1.165, 1.54) is 10.3 Å². The van der Waals surface area contributed by atoms with E-state index in [4.69, 9.17) is 5.73 Å². The Morgan fingerprint density at radius 3 is 2.58 bits per heavy atom. The minimum atomic E-state index is -0.411. The van der Waals surface area contributed by atoms with Gasteiger partial charge in [0.1, 0.15) is 5.01 Å². The van der Waals surface area contributed by atoms with Gasteiger partial charge in [0.15, 0.2) is 0 Å². The van der Waals surface area contributed by atoms with Crippen molar-refractivity contribution in [3.05, 3.63) is 53.6 Å². The van der Waals surface area contributed by atoms with Crippen LogP contribution in [0.5, 0.6) is 0 Å². The highest BCUT2D eigenvalue weighted by atomic mass is 32.1. The molecule has 2 N–H and O–H groups in total. The van der Waals surface area contributed by atoms with E-state index < -0.39 is 5.91 Å². The smallest absolute Gasteiger partial charge is 0.248 e. The van der Waals surface area contributed by atoms with Gasteiger partial charge >= 0.3 is 0 Å². The van der Waals surface area contributed by atoms with E-state index in [-0.39, 0.29) is 0 Å². The van der Waals surface area contributed by atoms with Crippen molar-refractivity contribution < 1.29 is 4.79 Å². The van der Waals surface area contributed by atoms with Crippen molar-refractivity contribution in [1.82, 2.24) is 4.98 Å². The first-order chi connectivity index (χ1) is 9.13. The molecule has 0 aliphatic carbocycles. The fourth-order valence-electron chi connectivity index (χ4n) is 1.93. The maximum Gasteiger partial charge on any atom is 0.248 e. The van der Waals surface area contributed by atoms with Gasteiger partial charge in [-0.25, -0.2) is 4.98 Å². The van der Waals surface area contributed by atoms with E-state index in [0.717, 1.165) is 16.1 Å². The second-order valence-corrected chi connectivity index (χ2v) is 5.46. The van der Waals surface area contributed by atoms with Crippen molar-refractivity contribution in [3.8, 4) is 10.6 Å². The van der Waals surface area contributed by atoms with E-state index in [1.807, 2.05) is 18.2 Å². The minimum Gasteiger partial charge on any atom is -0.366 e. The van der Waals surface area contributed by atoms with E-state index in [1.54, 1.807) is 23.5 Å². The average Bonchev–Trinajstić information content (AvgIpc) is 2.81. The molecule has 0 saturated heterocycles. The first-order valence-corrected chi connectivity index (χ1v) is 6.72.